The maximum absolute atomic E-state index is 12.2. The first-order chi connectivity index (χ1) is 11.4. The first-order valence-electron chi connectivity index (χ1n) is 6.50. The van der Waals surface area contributed by atoms with Gasteiger partial charge in [0.2, 0.25) is 0 Å². The van der Waals surface area contributed by atoms with E-state index >= 15 is 0 Å². The van der Waals surface area contributed by atoms with Crippen molar-refractivity contribution in [3.05, 3.63) is 58.1 Å². The minimum Gasteiger partial charge on any atom is -0.493 e. The van der Waals surface area contributed by atoms with Gasteiger partial charge in [0.25, 0.3) is 5.69 Å². The molecule has 0 fully saturated rings. The number of rotatable bonds is 6. The van der Waals surface area contributed by atoms with Crippen molar-refractivity contribution in [2.24, 2.45) is 0 Å². The van der Waals surface area contributed by atoms with Gasteiger partial charge in [0.05, 0.1) is 23.7 Å². The molecule has 0 unspecified atom stereocenters. The normalized spacial score (nSPS) is 10.3. The first kappa shape index (κ1) is 17.1. The van der Waals surface area contributed by atoms with Gasteiger partial charge in [0, 0.05) is 6.07 Å². The smallest absolute Gasteiger partial charge is 0.387 e. The molecule has 0 amide bonds. The Bertz CT molecular complexity index is 765. The van der Waals surface area contributed by atoms with E-state index in [0.29, 0.717) is 0 Å². The van der Waals surface area contributed by atoms with E-state index < -0.39 is 17.5 Å². The number of carbonyl (C=O) groups is 1. The predicted molar refractivity (Wildman–Crippen MR) is 77.7 cm³/mol. The zero-order chi connectivity index (χ0) is 17.7. The fourth-order valence-corrected chi connectivity index (χ4v) is 1.82. The Kier molecular flexibility index (Phi) is 5.25. The lowest BCUT2D eigenvalue weighted by atomic mass is 10.2. The van der Waals surface area contributed by atoms with E-state index in [-0.39, 0.29) is 28.5 Å². The Hall–Kier alpha value is -3.23. The van der Waals surface area contributed by atoms with Crippen LogP contribution in [0.1, 0.15) is 10.4 Å². The molecule has 9 heteroatoms. The van der Waals surface area contributed by atoms with Crippen LogP contribution in [-0.4, -0.2) is 24.6 Å². The van der Waals surface area contributed by atoms with Crippen molar-refractivity contribution in [2.45, 2.75) is 6.61 Å². The van der Waals surface area contributed by atoms with E-state index in [2.05, 4.69) is 4.74 Å². The maximum Gasteiger partial charge on any atom is 0.387 e. The number of non-ortho nitro benzene ring substituents is 1. The number of halogens is 2. The average Bonchev–Trinajstić information content (AvgIpc) is 2.54. The monoisotopic (exact) mass is 339 g/mol. The summed E-state index contributed by atoms with van der Waals surface area (Å²) in [6.07, 6.45) is 0. The lowest BCUT2D eigenvalue weighted by molar-refractivity contribution is -0.384. The molecule has 2 rings (SSSR count). The van der Waals surface area contributed by atoms with Crippen LogP contribution in [0.15, 0.2) is 42.5 Å². The van der Waals surface area contributed by atoms with Gasteiger partial charge < -0.3 is 14.2 Å². The van der Waals surface area contributed by atoms with Gasteiger partial charge >= 0.3 is 12.6 Å². The highest BCUT2D eigenvalue weighted by atomic mass is 19.3. The quantitative estimate of drug-likeness (QED) is 0.347. The van der Waals surface area contributed by atoms with E-state index in [0.717, 1.165) is 12.1 Å². The first-order valence-corrected chi connectivity index (χ1v) is 6.50. The van der Waals surface area contributed by atoms with E-state index in [4.69, 9.17) is 9.47 Å². The number of alkyl halides is 2. The number of esters is 1. The SMILES string of the molecule is COc1ccc([N+](=O)[O-])cc1OC(=O)c1cccc(OC(F)F)c1. The summed E-state index contributed by atoms with van der Waals surface area (Å²) in [5, 5.41) is 10.8. The summed E-state index contributed by atoms with van der Waals surface area (Å²) in [5.74, 6) is -1.19. The van der Waals surface area contributed by atoms with Gasteiger partial charge in [-0.1, -0.05) is 6.07 Å². The predicted octanol–water partition coefficient (Wildman–Crippen LogP) is 3.42. The molecule has 2 aromatic carbocycles. The third kappa shape index (κ3) is 4.15. The number of nitro benzene ring substituents is 1. The molecule has 0 heterocycles. The van der Waals surface area contributed by atoms with Crippen LogP contribution in [0, 0.1) is 10.1 Å². The van der Waals surface area contributed by atoms with Crippen LogP contribution in [0.25, 0.3) is 0 Å². The molecule has 0 saturated carbocycles. The molecular weight excluding hydrogens is 328 g/mol. The molecule has 0 aliphatic heterocycles. The summed E-state index contributed by atoms with van der Waals surface area (Å²) in [4.78, 5) is 22.2. The number of hydrogen-bond donors (Lipinski definition) is 0. The van der Waals surface area contributed by atoms with Crippen molar-refractivity contribution in [3.8, 4) is 17.2 Å². The number of carbonyl (C=O) groups excluding carboxylic acids is 1. The minimum atomic E-state index is -3.03. The lowest BCUT2D eigenvalue weighted by Gasteiger charge is -2.10. The van der Waals surface area contributed by atoms with Gasteiger partial charge in [-0.05, 0) is 24.3 Å². The minimum absolute atomic E-state index is 0.0679. The molecule has 0 saturated heterocycles. The van der Waals surface area contributed by atoms with Crippen molar-refractivity contribution < 1.29 is 32.7 Å². The standard InChI is InChI=1S/C15H11F2NO6/c1-22-12-6-5-10(18(20)21)8-13(12)24-14(19)9-3-2-4-11(7-9)23-15(16)17/h2-8,15H,1H3. The van der Waals surface area contributed by atoms with Gasteiger partial charge in [-0.25, -0.2) is 4.79 Å². The van der Waals surface area contributed by atoms with Crippen LogP contribution in [0.2, 0.25) is 0 Å². The zero-order valence-electron chi connectivity index (χ0n) is 12.3. The van der Waals surface area contributed by atoms with Gasteiger partial charge in [0.1, 0.15) is 5.75 Å². The molecule has 0 aliphatic rings. The van der Waals surface area contributed by atoms with Crippen LogP contribution in [0.3, 0.4) is 0 Å². The summed E-state index contributed by atoms with van der Waals surface area (Å²) in [7, 11) is 1.30. The Labute approximate surface area is 134 Å². The average molecular weight is 339 g/mol. The number of hydrogen-bond acceptors (Lipinski definition) is 6. The number of ether oxygens (including phenoxy) is 3. The molecule has 126 valence electrons. The molecule has 24 heavy (non-hydrogen) atoms. The van der Waals surface area contributed by atoms with E-state index in [1.54, 1.807) is 0 Å². The topological polar surface area (TPSA) is 87.9 Å². The Morgan fingerprint density at radius 3 is 2.54 bits per heavy atom. The summed E-state index contributed by atoms with van der Waals surface area (Å²) < 4.78 is 38.6. The molecular formula is C15H11F2NO6. The second kappa shape index (κ2) is 7.36. The fraction of sp³-hybridized carbons (Fsp3) is 0.133. The molecule has 0 N–H and O–H groups in total. The van der Waals surface area contributed by atoms with Gasteiger partial charge in [-0.2, -0.15) is 8.78 Å². The van der Waals surface area contributed by atoms with Crippen LogP contribution in [0.5, 0.6) is 17.2 Å². The molecule has 0 aromatic heterocycles. The fourth-order valence-electron chi connectivity index (χ4n) is 1.82. The van der Waals surface area contributed by atoms with E-state index in [1.807, 2.05) is 0 Å². The van der Waals surface area contributed by atoms with Crippen molar-refractivity contribution in [1.82, 2.24) is 0 Å². The highest BCUT2D eigenvalue weighted by molar-refractivity contribution is 5.91. The third-order valence-electron chi connectivity index (χ3n) is 2.86. The largest absolute Gasteiger partial charge is 0.493 e. The summed E-state index contributed by atoms with van der Waals surface area (Å²) in [6, 6.07) is 8.46. The molecule has 0 bridgehead atoms. The molecule has 0 atom stereocenters. The van der Waals surface area contributed by atoms with Gasteiger partial charge in [-0.15, -0.1) is 0 Å². The number of nitro groups is 1. The molecule has 0 aliphatic carbocycles. The van der Waals surface area contributed by atoms with E-state index in [1.165, 1.54) is 37.4 Å². The Morgan fingerprint density at radius 1 is 1.17 bits per heavy atom. The van der Waals surface area contributed by atoms with Crippen molar-refractivity contribution >= 4 is 11.7 Å². The van der Waals surface area contributed by atoms with Gasteiger partial charge in [-0.3, -0.25) is 10.1 Å². The molecule has 0 radical (unpaired) electrons. The number of nitrogens with zero attached hydrogens (tertiary/aromatic N) is 1. The van der Waals surface area contributed by atoms with Crippen molar-refractivity contribution in [3.63, 3.8) is 0 Å². The van der Waals surface area contributed by atoms with Crippen molar-refractivity contribution in [1.29, 1.82) is 0 Å². The number of benzene rings is 2. The van der Waals surface area contributed by atoms with Crippen LogP contribution in [0.4, 0.5) is 14.5 Å². The van der Waals surface area contributed by atoms with Crippen LogP contribution < -0.4 is 14.2 Å². The second-order valence-corrected chi connectivity index (χ2v) is 4.39. The third-order valence-corrected chi connectivity index (χ3v) is 2.86. The second-order valence-electron chi connectivity index (χ2n) is 4.39. The summed E-state index contributed by atoms with van der Waals surface area (Å²) in [6.45, 7) is -3.03. The molecule has 0 spiro atoms. The molecule has 7 nitrogen and oxygen atoms in total. The number of methoxy groups -OCH3 is 1. The highest BCUT2D eigenvalue weighted by Gasteiger charge is 2.17. The highest BCUT2D eigenvalue weighted by Crippen LogP contribution is 2.32. The Morgan fingerprint density at radius 2 is 1.92 bits per heavy atom. The summed E-state index contributed by atoms with van der Waals surface area (Å²) >= 11 is 0. The zero-order valence-corrected chi connectivity index (χ0v) is 12.3. The van der Waals surface area contributed by atoms with E-state index in [9.17, 15) is 23.7 Å². The maximum atomic E-state index is 12.2. The summed E-state index contributed by atoms with van der Waals surface area (Å²) in [5.41, 5.74) is -0.366. The lowest BCUT2D eigenvalue weighted by Crippen LogP contribution is -2.10. The Balaban J connectivity index is 2.26. The van der Waals surface area contributed by atoms with Gasteiger partial charge in [0.15, 0.2) is 11.5 Å². The van der Waals surface area contributed by atoms with Crippen molar-refractivity contribution in [2.75, 3.05) is 7.11 Å². The molecule has 2 aromatic rings. The van der Waals surface area contributed by atoms with Crippen LogP contribution >= 0.6 is 0 Å². The van der Waals surface area contributed by atoms with Crippen LogP contribution in [-0.2, 0) is 0 Å².